The summed E-state index contributed by atoms with van der Waals surface area (Å²) in [6.45, 7) is 3.81. The molecule has 0 bridgehead atoms. The zero-order valence-electron chi connectivity index (χ0n) is 26.0. The van der Waals surface area contributed by atoms with E-state index in [2.05, 4.69) is 50.3 Å². The van der Waals surface area contributed by atoms with Crippen LogP contribution in [0.5, 0.6) is 0 Å². The number of carbonyl (C=O) groups is 2. The summed E-state index contributed by atoms with van der Waals surface area (Å²) in [5, 5.41) is 9.49. The molecule has 0 fully saturated rings. The molecular weight excluding hydrogens is 512 g/mol. The van der Waals surface area contributed by atoms with Gasteiger partial charge in [-0.3, -0.25) is 9.59 Å². The van der Waals surface area contributed by atoms with Gasteiger partial charge in [-0.05, 0) is 57.8 Å². The number of aliphatic hydroxyl groups excluding tert-OH is 1. The molecule has 232 valence electrons. The standard InChI is InChI=1S/C36H58O5/c1-3-5-7-9-11-13-15-17-19-21-23-25-27-29-31-36(39)41-34(32-37)33-40-35(38)30-28-26-24-22-20-18-16-14-12-10-8-6-4-2/h5-8,10-14,16,18,20,34,37H,3-4,9,15,17,19,21-33H2,1-2H3/b7-5+,8-6+,12-10+,13-11+,16-14+,20-18+. The van der Waals surface area contributed by atoms with Crippen LogP contribution in [0.1, 0.15) is 123 Å². The van der Waals surface area contributed by atoms with Gasteiger partial charge in [0, 0.05) is 12.8 Å². The van der Waals surface area contributed by atoms with Crippen LogP contribution < -0.4 is 0 Å². The first-order valence-electron chi connectivity index (χ1n) is 16.0. The van der Waals surface area contributed by atoms with Gasteiger partial charge in [0.25, 0.3) is 0 Å². The summed E-state index contributed by atoms with van der Waals surface area (Å²) in [7, 11) is 0. The molecular formula is C36H58O5. The zero-order chi connectivity index (χ0) is 30.1. The largest absolute Gasteiger partial charge is 0.462 e. The van der Waals surface area contributed by atoms with E-state index in [4.69, 9.17) is 9.47 Å². The fourth-order valence-electron chi connectivity index (χ4n) is 3.95. The van der Waals surface area contributed by atoms with Crippen LogP contribution in [0.25, 0.3) is 0 Å². The van der Waals surface area contributed by atoms with E-state index in [9.17, 15) is 14.7 Å². The Bertz CT molecular complexity index is 788. The number of aliphatic hydroxyl groups is 1. The van der Waals surface area contributed by atoms with E-state index in [0.717, 1.165) is 70.6 Å². The van der Waals surface area contributed by atoms with Crippen LogP contribution in [0.4, 0.5) is 0 Å². The fourth-order valence-corrected chi connectivity index (χ4v) is 3.95. The molecule has 1 atom stereocenters. The lowest BCUT2D eigenvalue weighted by Gasteiger charge is -2.15. The predicted molar refractivity (Wildman–Crippen MR) is 173 cm³/mol. The van der Waals surface area contributed by atoms with Crippen molar-refractivity contribution in [2.75, 3.05) is 13.2 Å². The summed E-state index contributed by atoms with van der Waals surface area (Å²) < 4.78 is 10.5. The van der Waals surface area contributed by atoms with Crippen LogP contribution in [0.2, 0.25) is 0 Å². The molecule has 41 heavy (non-hydrogen) atoms. The Morgan fingerprint density at radius 3 is 1.76 bits per heavy atom. The first-order chi connectivity index (χ1) is 20.1. The molecule has 0 saturated carbocycles. The number of esters is 2. The van der Waals surface area contributed by atoms with Crippen molar-refractivity contribution >= 4 is 11.9 Å². The molecule has 5 nitrogen and oxygen atoms in total. The monoisotopic (exact) mass is 570 g/mol. The average molecular weight is 571 g/mol. The topological polar surface area (TPSA) is 72.8 Å². The second-order valence-corrected chi connectivity index (χ2v) is 10.2. The van der Waals surface area contributed by atoms with Crippen molar-refractivity contribution in [1.82, 2.24) is 0 Å². The van der Waals surface area contributed by atoms with Crippen molar-refractivity contribution in [1.29, 1.82) is 0 Å². The van der Waals surface area contributed by atoms with E-state index < -0.39 is 6.10 Å². The maximum Gasteiger partial charge on any atom is 0.306 e. The molecule has 0 heterocycles. The highest BCUT2D eigenvalue weighted by molar-refractivity contribution is 5.70. The maximum absolute atomic E-state index is 12.1. The van der Waals surface area contributed by atoms with Crippen LogP contribution in [-0.2, 0) is 19.1 Å². The van der Waals surface area contributed by atoms with Gasteiger partial charge in [0.05, 0.1) is 6.61 Å². The Hall–Kier alpha value is -2.66. The summed E-state index contributed by atoms with van der Waals surface area (Å²) in [5.74, 6) is -0.657. The normalized spacial score (nSPS) is 13.1. The Kier molecular flexibility index (Phi) is 29.8. The third-order valence-electron chi connectivity index (χ3n) is 6.34. The first-order valence-corrected chi connectivity index (χ1v) is 16.0. The molecule has 5 heteroatoms. The third kappa shape index (κ3) is 30.1. The van der Waals surface area contributed by atoms with E-state index in [0.29, 0.717) is 12.8 Å². The highest BCUT2D eigenvalue weighted by Gasteiger charge is 2.16. The molecule has 0 aromatic heterocycles. The molecule has 0 aromatic rings. The van der Waals surface area contributed by atoms with Gasteiger partial charge >= 0.3 is 11.9 Å². The van der Waals surface area contributed by atoms with Gasteiger partial charge in [-0.1, -0.05) is 125 Å². The summed E-state index contributed by atoms with van der Waals surface area (Å²) in [6, 6.07) is 0. The van der Waals surface area contributed by atoms with Gasteiger partial charge in [0.1, 0.15) is 6.61 Å². The lowest BCUT2D eigenvalue weighted by molar-refractivity contribution is -0.161. The minimum absolute atomic E-state index is 0.0938. The van der Waals surface area contributed by atoms with E-state index >= 15 is 0 Å². The molecule has 1 unspecified atom stereocenters. The van der Waals surface area contributed by atoms with E-state index in [-0.39, 0.29) is 25.2 Å². The quantitative estimate of drug-likeness (QED) is 0.0461. The molecule has 0 aliphatic heterocycles. The van der Waals surface area contributed by atoms with Crippen LogP contribution in [0.3, 0.4) is 0 Å². The smallest absolute Gasteiger partial charge is 0.306 e. The number of hydrogen-bond donors (Lipinski definition) is 1. The van der Waals surface area contributed by atoms with Gasteiger partial charge in [-0.2, -0.15) is 0 Å². The Morgan fingerprint density at radius 1 is 0.585 bits per heavy atom. The lowest BCUT2D eigenvalue weighted by Crippen LogP contribution is -2.28. The lowest BCUT2D eigenvalue weighted by atomic mass is 10.1. The number of carbonyl (C=O) groups excluding carboxylic acids is 2. The Balaban J connectivity index is 3.70. The van der Waals surface area contributed by atoms with Crippen molar-refractivity contribution in [3.05, 3.63) is 72.9 Å². The van der Waals surface area contributed by atoms with E-state index in [1.54, 1.807) is 0 Å². The first kappa shape index (κ1) is 38.3. The average Bonchev–Trinajstić information content (AvgIpc) is 2.97. The summed E-state index contributed by atoms with van der Waals surface area (Å²) in [5.41, 5.74) is 0. The molecule has 0 radical (unpaired) electrons. The highest BCUT2D eigenvalue weighted by Crippen LogP contribution is 2.11. The minimum atomic E-state index is -0.793. The summed E-state index contributed by atoms with van der Waals surface area (Å²) in [6.07, 6.45) is 41.0. The van der Waals surface area contributed by atoms with Crippen molar-refractivity contribution in [2.45, 2.75) is 129 Å². The van der Waals surface area contributed by atoms with E-state index in [1.807, 2.05) is 36.5 Å². The molecule has 1 N–H and O–H groups in total. The van der Waals surface area contributed by atoms with Gasteiger partial charge in [-0.15, -0.1) is 0 Å². The van der Waals surface area contributed by atoms with Crippen LogP contribution in [0, 0.1) is 0 Å². The Morgan fingerprint density at radius 2 is 1.10 bits per heavy atom. The molecule has 0 aliphatic rings. The van der Waals surface area contributed by atoms with Gasteiger partial charge < -0.3 is 14.6 Å². The van der Waals surface area contributed by atoms with Crippen molar-refractivity contribution in [3.8, 4) is 0 Å². The van der Waals surface area contributed by atoms with Crippen LogP contribution in [-0.4, -0.2) is 36.4 Å². The van der Waals surface area contributed by atoms with Crippen molar-refractivity contribution < 1.29 is 24.2 Å². The van der Waals surface area contributed by atoms with Gasteiger partial charge in [0.15, 0.2) is 6.10 Å². The highest BCUT2D eigenvalue weighted by atomic mass is 16.6. The second-order valence-electron chi connectivity index (χ2n) is 10.2. The third-order valence-corrected chi connectivity index (χ3v) is 6.34. The van der Waals surface area contributed by atoms with Gasteiger partial charge in [-0.25, -0.2) is 0 Å². The number of allylic oxidation sites excluding steroid dienone is 12. The number of unbranched alkanes of at least 4 members (excludes halogenated alkanes) is 10. The molecule has 0 aromatic carbocycles. The van der Waals surface area contributed by atoms with Crippen molar-refractivity contribution in [3.63, 3.8) is 0 Å². The molecule has 0 saturated heterocycles. The second kappa shape index (κ2) is 31.9. The molecule has 0 aliphatic carbocycles. The summed E-state index contributed by atoms with van der Waals surface area (Å²) in [4.78, 5) is 24.1. The van der Waals surface area contributed by atoms with Crippen LogP contribution in [0.15, 0.2) is 72.9 Å². The number of hydrogen-bond acceptors (Lipinski definition) is 5. The molecule has 0 rings (SSSR count). The minimum Gasteiger partial charge on any atom is -0.462 e. The SMILES string of the molecule is CC/C=C/C=C/C=C/C=C/CCCCCC(=O)OCC(CO)OC(=O)CCCCCCCCC/C=C/C/C=C/CC. The number of rotatable bonds is 27. The van der Waals surface area contributed by atoms with Gasteiger partial charge in [0.2, 0.25) is 0 Å². The molecule has 0 spiro atoms. The maximum atomic E-state index is 12.1. The number of ether oxygens (including phenoxy) is 2. The Labute approximate surface area is 251 Å². The van der Waals surface area contributed by atoms with Crippen molar-refractivity contribution in [2.24, 2.45) is 0 Å². The van der Waals surface area contributed by atoms with Crippen LogP contribution >= 0.6 is 0 Å². The molecule has 0 amide bonds. The zero-order valence-corrected chi connectivity index (χ0v) is 26.0. The van der Waals surface area contributed by atoms with E-state index in [1.165, 1.54) is 25.7 Å². The summed E-state index contributed by atoms with van der Waals surface area (Å²) >= 11 is 0. The fraction of sp³-hybridized carbons (Fsp3) is 0.611. The predicted octanol–water partition coefficient (Wildman–Crippen LogP) is 9.44.